The lowest BCUT2D eigenvalue weighted by Crippen LogP contribution is -2.05. The molecule has 0 aliphatic rings. The average Bonchev–Trinajstić information content (AvgIpc) is 3.48. The van der Waals surface area contributed by atoms with Crippen LogP contribution in [0.25, 0.3) is 33.7 Å². The highest BCUT2D eigenvalue weighted by molar-refractivity contribution is 7.08. The standard InChI is InChI=1S/C22H21N7S/c1-4-19-24-20-13(2)9-14(3)23-22(20)29(19)10-15-5-7-16(8-6-15)17-11-30-12-18(17)21-25-27-28-26-21/h5-9,11-12H,4,10H2,1-3H3,(H,25,26,27,28). The van der Waals surface area contributed by atoms with Gasteiger partial charge >= 0.3 is 0 Å². The first kappa shape index (κ1) is 18.6. The predicted molar refractivity (Wildman–Crippen MR) is 118 cm³/mol. The van der Waals surface area contributed by atoms with Crippen LogP contribution >= 0.6 is 11.3 Å². The lowest BCUT2D eigenvalue weighted by atomic mass is 10.0. The van der Waals surface area contributed by atoms with Gasteiger partial charge in [0.25, 0.3) is 0 Å². The fourth-order valence-electron chi connectivity index (χ4n) is 3.83. The van der Waals surface area contributed by atoms with Crippen molar-refractivity contribution >= 4 is 22.5 Å². The summed E-state index contributed by atoms with van der Waals surface area (Å²) in [5, 5.41) is 18.6. The highest BCUT2D eigenvalue weighted by Gasteiger charge is 2.15. The van der Waals surface area contributed by atoms with Crippen LogP contribution < -0.4 is 0 Å². The van der Waals surface area contributed by atoms with Gasteiger partial charge in [-0.1, -0.05) is 31.2 Å². The summed E-state index contributed by atoms with van der Waals surface area (Å²) in [7, 11) is 0. The monoisotopic (exact) mass is 415 g/mol. The molecular formula is C22H21N7S. The highest BCUT2D eigenvalue weighted by Crippen LogP contribution is 2.33. The summed E-state index contributed by atoms with van der Waals surface area (Å²) in [6.45, 7) is 7.02. The van der Waals surface area contributed by atoms with E-state index in [-0.39, 0.29) is 0 Å². The van der Waals surface area contributed by atoms with Gasteiger partial charge < -0.3 is 4.57 Å². The van der Waals surface area contributed by atoms with Gasteiger partial charge in [-0.25, -0.2) is 9.97 Å². The van der Waals surface area contributed by atoms with E-state index in [1.807, 2.05) is 6.92 Å². The number of fused-ring (bicyclic) bond motifs is 1. The Morgan fingerprint density at radius 1 is 1.03 bits per heavy atom. The van der Waals surface area contributed by atoms with Crippen molar-refractivity contribution in [2.24, 2.45) is 0 Å². The summed E-state index contributed by atoms with van der Waals surface area (Å²) >= 11 is 1.63. The SMILES string of the molecule is CCc1nc2c(C)cc(C)nc2n1Cc1ccc(-c2cscc2-c2nn[nH]n2)cc1. The highest BCUT2D eigenvalue weighted by atomic mass is 32.1. The van der Waals surface area contributed by atoms with E-state index in [9.17, 15) is 0 Å². The van der Waals surface area contributed by atoms with Crippen molar-refractivity contribution < 1.29 is 0 Å². The van der Waals surface area contributed by atoms with Crippen molar-refractivity contribution in [1.29, 1.82) is 0 Å². The van der Waals surface area contributed by atoms with Crippen LogP contribution in [0.3, 0.4) is 0 Å². The van der Waals surface area contributed by atoms with Crippen LogP contribution in [0.15, 0.2) is 41.1 Å². The van der Waals surface area contributed by atoms with E-state index in [1.165, 1.54) is 11.1 Å². The number of thiophene rings is 1. The molecule has 0 atom stereocenters. The molecule has 5 rings (SSSR count). The zero-order valence-electron chi connectivity index (χ0n) is 17.0. The van der Waals surface area contributed by atoms with Gasteiger partial charge in [-0.15, -0.1) is 10.2 Å². The zero-order chi connectivity index (χ0) is 20.7. The first-order chi connectivity index (χ1) is 14.6. The van der Waals surface area contributed by atoms with Gasteiger partial charge in [0.2, 0.25) is 5.82 Å². The normalized spacial score (nSPS) is 11.4. The molecule has 5 aromatic rings. The molecule has 0 unspecified atom stereocenters. The van der Waals surface area contributed by atoms with Gasteiger partial charge in [-0.2, -0.15) is 16.6 Å². The number of pyridine rings is 1. The second kappa shape index (κ2) is 7.46. The molecule has 0 amide bonds. The number of hydrogen-bond donors (Lipinski definition) is 1. The molecule has 0 spiro atoms. The Hall–Kier alpha value is -3.39. The van der Waals surface area contributed by atoms with Gasteiger partial charge in [0.05, 0.1) is 6.54 Å². The Balaban J connectivity index is 1.49. The summed E-state index contributed by atoms with van der Waals surface area (Å²) < 4.78 is 2.24. The second-order valence-electron chi connectivity index (χ2n) is 7.35. The van der Waals surface area contributed by atoms with Crippen LogP contribution in [0, 0.1) is 13.8 Å². The molecule has 7 nitrogen and oxygen atoms in total. The second-order valence-corrected chi connectivity index (χ2v) is 8.10. The van der Waals surface area contributed by atoms with E-state index < -0.39 is 0 Å². The van der Waals surface area contributed by atoms with Crippen molar-refractivity contribution in [3.8, 4) is 22.5 Å². The Labute approximate surface area is 177 Å². The lowest BCUT2D eigenvalue weighted by molar-refractivity contribution is 0.745. The smallest absolute Gasteiger partial charge is 0.206 e. The molecule has 0 radical (unpaired) electrons. The van der Waals surface area contributed by atoms with E-state index in [2.05, 4.69) is 80.1 Å². The average molecular weight is 416 g/mol. The zero-order valence-corrected chi connectivity index (χ0v) is 17.9. The van der Waals surface area contributed by atoms with E-state index in [4.69, 9.17) is 9.97 Å². The summed E-state index contributed by atoms with van der Waals surface area (Å²) in [6, 6.07) is 10.7. The van der Waals surface area contributed by atoms with Crippen LogP contribution in [0.1, 0.15) is 29.6 Å². The Bertz CT molecular complexity index is 1310. The Morgan fingerprint density at radius 2 is 1.83 bits per heavy atom. The molecule has 0 aliphatic heterocycles. The van der Waals surface area contributed by atoms with Crippen molar-refractivity contribution in [2.75, 3.05) is 0 Å². The third kappa shape index (κ3) is 3.19. The number of aromatic nitrogens is 7. The summed E-state index contributed by atoms with van der Waals surface area (Å²) in [5.41, 5.74) is 8.61. The van der Waals surface area contributed by atoms with Crippen molar-refractivity contribution in [2.45, 2.75) is 33.7 Å². The number of aryl methyl sites for hydroxylation is 3. The molecular weight excluding hydrogens is 394 g/mol. The summed E-state index contributed by atoms with van der Waals surface area (Å²) in [4.78, 5) is 9.62. The molecule has 0 saturated heterocycles. The third-order valence-electron chi connectivity index (χ3n) is 5.27. The van der Waals surface area contributed by atoms with Crippen LogP contribution in [-0.4, -0.2) is 35.2 Å². The minimum absolute atomic E-state index is 0.615. The van der Waals surface area contributed by atoms with Gasteiger partial charge in [0.1, 0.15) is 11.3 Å². The van der Waals surface area contributed by atoms with Crippen molar-refractivity contribution in [3.05, 3.63) is 63.7 Å². The molecule has 4 aromatic heterocycles. The van der Waals surface area contributed by atoms with Crippen molar-refractivity contribution in [3.63, 3.8) is 0 Å². The van der Waals surface area contributed by atoms with Crippen molar-refractivity contribution in [1.82, 2.24) is 35.2 Å². The number of tetrazole rings is 1. The first-order valence-corrected chi connectivity index (χ1v) is 10.8. The Morgan fingerprint density at radius 3 is 2.57 bits per heavy atom. The van der Waals surface area contributed by atoms with E-state index in [1.54, 1.807) is 11.3 Å². The van der Waals surface area contributed by atoms with E-state index in [0.29, 0.717) is 5.82 Å². The number of rotatable bonds is 5. The fraction of sp³-hybridized carbons (Fsp3) is 0.227. The molecule has 0 aliphatic carbocycles. The molecule has 8 heteroatoms. The maximum atomic E-state index is 4.85. The molecule has 150 valence electrons. The lowest BCUT2D eigenvalue weighted by Gasteiger charge is -2.09. The van der Waals surface area contributed by atoms with Gasteiger partial charge in [-0.05, 0) is 47.2 Å². The maximum absolute atomic E-state index is 4.85. The topological polar surface area (TPSA) is 85.2 Å². The first-order valence-electron chi connectivity index (χ1n) is 9.86. The number of nitrogens with zero attached hydrogens (tertiary/aromatic N) is 6. The van der Waals surface area contributed by atoms with E-state index >= 15 is 0 Å². The molecule has 4 heterocycles. The molecule has 0 bridgehead atoms. The van der Waals surface area contributed by atoms with Crippen LogP contribution in [0.4, 0.5) is 0 Å². The molecule has 0 fully saturated rings. The summed E-state index contributed by atoms with van der Waals surface area (Å²) in [6.07, 6.45) is 0.871. The molecule has 0 saturated carbocycles. The quantitative estimate of drug-likeness (QED) is 0.455. The van der Waals surface area contributed by atoms with Gasteiger partial charge in [0, 0.05) is 28.6 Å². The minimum atomic E-state index is 0.615. The van der Waals surface area contributed by atoms with Crippen LogP contribution in [-0.2, 0) is 13.0 Å². The fourth-order valence-corrected chi connectivity index (χ4v) is 4.66. The number of nitrogens with one attached hydrogen (secondary N) is 1. The molecule has 30 heavy (non-hydrogen) atoms. The molecule has 1 aromatic carbocycles. The van der Waals surface area contributed by atoms with Crippen LogP contribution in [0.2, 0.25) is 0 Å². The van der Waals surface area contributed by atoms with Gasteiger partial charge in [-0.3, -0.25) is 0 Å². The largest absolute Gasteiger partial charge is 0.308 e. The van der Waals surface area contributed by atoms with Crippen LogP contribution in [0.5, 0.6) is 0 Å². The number of hydrogen-bond acceptors (Lipinski definition) is 6. The van der Waals surface area contributed by atoms with E-state index in [0.717, 1.165) is 52.3 Å². The number of imidazole rings is 1. The third-order valence-corrected chi connectivity index (χ3v) is 6.01. The summed E-state index contributed by atoms with van der Waals surface area (Å²) in [5.74, 6) is 1.68. The van der Waals surface area contributed by atoms with Gasteiger partial charge in [0.15, 0.2) is 5.65 Å². The number of benzene rings is 1. The Kier molecular flexibility index (Phi) is 4.63. The molecule has 1 N–H and O–H groups in total. The maximum Gasteiger partial charge on any atom is 0.206 e. The number of aromatic amines is 1. The predicted octanol–water partition coefficient (Wildman–Crippen LogP) is 4.57. The number of H-pyrrole nitrogens is 1. The minimum Gasteiger partial charge on any atom is -0.308 e.